The van der Waals surface area contributed by atoms with E-state index in [-0.39, 0.29) is 0 Å². The second-order valence-electron chi connectivity index (χ2n) is 6.77. The molecule has 1 aliphatic rings. The molecule has 7 nitrogen and oxygen atoms in total. The number of pyridine rings is 1. The van der Waals surface area contributed by atoms with Crippen molar-refractivity contribution in [1.29, 1.82) is 0 Å². The number of aryl methyl sites for hydroxylation is 1. The summed E-state index contributed by atoms with van der Waals surface area (Å²) >= 11 is 0. The Bertz CT molecular complexity index is 1130. The van der Waals surface area contributed by atoms with Gasteiger partial charge in [0, 0.05) is 24.7 Å². The summed E-state index contributed by atoms with van der Waals surface area (Å²) in [5, 5.41) is 5.57. The van der Waals surface area contributed by atoms with E-state index in [9.17, 15) is 0 Å². The number of fused-ring (bicyclic) bond motifs is 4. The molecule has 3 aromatic heterocycles. The molecule has 0 spiro atoms. The number of para-hydroxylation sites is 1. The fraction of sp³-hybridized carbons (Fsp3) is 0.263. The van der Waals surface area contributed by atoms with Gasteiger partial charge in [-0.1, -0.05) is 18.2 Å². The van der Waals surface area contributed by atoms with E-state index in [1.54, 1.807) is 4.52 Å². The number of anilines is 1. The minimum absolute atomic E-state index is 0.367. The quantitative estimate of drug-likeness (QED) is 0.599. The molecule has 2 N–H and O–H groups in total. The molecule has 0 atom stereocenters. The molecule has 4 aromatic rings. The molecule has 0 saturated carbocycles. The first-order valence-corrected chi connectivity index (χ1v) is 8.74. The average Bonchev–Trinajstić information content (AvgIpc) is 3.07. The van der Waals surface area contributed by atoms with Crippen molar-refractivity contribution in [3.63, 3.8) is 0 Å². The van der Waals surface area contributed by atoms with Crippen LogP contribution in [0, 0.1) is 6.92 Å². The molecule has 1 aliphatic heterocycles. The van der Waals surface area contributed by atoms with Crippen LogP contribution in [0.4, 0.5) is 5.95 Å². The summed E-state index contributed by atoms with van der Waals surface area (Å²) in [6.45, 7) is 4.49. The van der Waals surface area contributed by atoms with Crippen LogP contribution in [0.5, 0.6) is 0 Å². The molecule has 0 unspecified atom stereocenters. The normalized spacial score (nSPS) is 14.8. The van der Waals surface area contributed by atoms with Gasteiger partial charge in [-0.25, -0.2) is 9.97 Å². The molecule has 1 aromatic carbocycles. The van der Waals surface area contributed by atoms with Gasteiger partial charge in [-0.05, 0) is 36.6 Å². The predicted octanol–water partition coefficient (Wildman–Crippen LogP) is 2.12. The van der Waals surface area contributed by atoms with E-state index in [4.69, 9.17) is 10.7 Å². The maximum absolute atomic E-state index is 6.13. The highest BCUT2D eigenvalue weighted by Crippen LogP contribution is 2.23. The molecule has 0 fully saturated rings. The lowest BCUT2D eigenvalue weighted by molar-refractivity contribution is 0.236. The third kappa shape index (κ3) is 2.40. The zero-order valence-electron chi connectivity index (χ0n) is 14.6. The molecule has 0 bridgehead atoms. The fourth-order valence-corrected chi connectivity index (χ4v) is 3.65. The van der Waals surface area contributed by atoms with Crippen LogP contribution in [0.3, 0.4) is 0 Å². The maximum Gasteiger partial charge on any atom is 0.223 e. The summed E-state index contributed by atoms with van der Waals surface area (Å²) in [4.78, 5) is 16.1. The topological polar surface area (TPSA) is 85.2 Å². The van der Waals surface area contributed by atoms with Crippen molar-refractivity contribution < 1.29 is 0 Å². The lowest BCUT2D eigenvalue weighted by atomic mass is 10.1. The molecule has 0 aliphatic carbocycles. The minimum Gasteiger partial charge on any atom is -0.368 e. The molecule has 130 valence electrons. The third-order valence-corrected chi connectivity index (χ3v) is 4.99. The summed E-state index contributed by atoms with van der Waals surface area (Å²) < 4.78 is 1.65. The van der Waals surface area contributed by atoms with E-state index in [1.165, 1.54) is 5.56 Å². The second kappa shape index (κ2) is 5.74. The fourth-order valence-electron chi connectivity index (χ4n) is 3.65. The molecule has 7 heteroatoms. The number of rotatable bonds is 2. The Morgan fingerprint density at radius 2 is 2.08 bits per heavy atom. The van der Waals surface area contributed by atoms with Gasteiger partial charge in [0.1, 0.15) is 0 Å². The average molecular weight is 345 g/mol. The van der Waals surface area contributed by atoms with E-state index in [1.807, 2.05) is 37.4 Å². The van der Waals surface area contributed by atoms with Crippen molar-refractivity contribution in [2.75, 3.05) is 12.3 Å². The number of aromatic nitrogens is 5. The number of nitrogens with zero attached hydrogens (tertiary/aromatic N) is 6. The van der Waals surface area contributed by atoms with Gasteiger partial charge in [0.2, 0.25) is 5.95 Å². The van der Waals surface area contributed by atoms with Crippen molar-refractivity contribution >= 4 is 22.5 Å². The van der Waals surface area contributed by atoms with Crippen LogP contribution in [0.1, 0.15) is 22.6 Å². The van der Waals surface area contributed by atoms with Crippen molar-refractivity contribution in [3.8, 4) is 0 Å². The molecular weight excluding hydrogens is 326 g/mol. The van der Waals surface area contributed by atoms with E-state index < -0.39 is 0 Å². The molecule has 0 amide bonds. The van der Waals surface area contributed by atoms with Gasteiger partial charge in [0.25, 0.3) is 0 Å². The highest BCUT2D eigenvalue weighted by atomic mass is 15.4. The monoisotopic (exact) mass is 345 g/mol. The van der Waals surface area contributed by atoms with Crippen LogP contribution >= 0.6 is 0 Å². The van der Waals surface area contributed by atoms with E-state index in [2.05, 4.69) is 26.0 Å². The van der Waals surface area contributed by atoms with Gasteiger partial charge < -0.3 is 5.73 Å². The highest BCUT2D eigenvalue weighted by Gasteiger charge is 2.20. The third-order valence-electron chi connectivity index (χ3n) is 4.99. The predicted molar refractivity (Wildman–Crippen MR) is 99.5 cm³/mol. The standard InChI is InChI=1S/C19H19N7/c1-12-4-2-6-14-17(12)23-19(20)26-18(14)22-16(24-26)11-25-9-7-13-5-3-8-21-15(13)10-25/h2-6,8H,7,9-11H2,1H3,(H2,20,23). The van der Waals surface area contributed by atoms with Crippen LogP contribution in [-0.2, 0) is 19.5 Å². The minimum atomic E-state index is 0.367. The van der Waals surface area contributed by atoms with Crippen LogP contribution in [0.2, 0.25) is 0 Å². The SMILES string of the molecule is Cc1cccc2c1nc(N)n1nc(CN3CCc4cccnc4C3)nc21. The van der Waals surface area contributed by atoms with Gasteiger partial charge >= 0.3 is 0 Å². The molecule has 0 radical (unpaired) electrons. The van der Waals surface area contributed by atoms with E-state index in [0.29, 0.717) is 12.5 Å². The Balaban J connectivity index is 1.52. The summed E-state index contributed by atoms with van der Waals surface area (Å²) in [6, 6.07) is 10.2. The number of hydrogen-bond acceptors (Lipinski definition) is 6. The Labute approximate surface area is 150 Å². The van der Waals surface area contributed by atoms with Gasteiger partial charge in [0.15, 0.2) is 11.5 Å². The van der Waals surface area contributed by atoms with Crippen LogP contribution in [0.15, 0.2) is 36.5 Å². The molecule has 0 saturated heterocycles. The number of nitrogens with two attached hydrogens (primary N) is 1. The molecule has 5 rings (SSSR count). The first kappa shape index (κ1) is 15.2. The largest absolute Gasteiger partial charge is 0.368 e. The van der Waals surface area contributed by atoms with Gasteiger partial charge in [-0.3, -0.25) is 9.88 Å². The number of benzene rings is 1. The smallest absolute Gasteiger partial charge is 0.223 e. The van der Waals surface area contributed by atoms with Crippen molar-refractivity contribution in [1.82, 2.24) is 29.5 Å². The highest BCUT2D eigenvalue weighted by molar-refractivity contribution is 5.93. The molecular formula is C19H19N7. The lowest BCUT2D eigenvalue weighted by Crippen LogP contribution is -2.31. The number of nitrogen functional groups attached to an aromatic ring is 1. The van der Waals surface area contributed by atoms with Crippen molar-refractivity contribution in [2.45, 2.75) is 26.4 Å². The second-order valence-corrected chi connectivity index (χ2v) is 6.77. The van der Waals surface area contributed by atoms with Crippen LogP contribution in [-0.4, -0.2) is 36.0 Å². The maximum atomic E-state index is 6.13. The van der Waals surface area contributed by atoms with Crippen LogP contribution < -0.4 is 5.73 Å². The van der Waals surface area contributed by atoms with Crippen LogP contribution in [0.25, 0.3) is 16.6 Å². The first-order chi connectivity index (χ1) is 12.7. The first-order valence-electron chi connectivity index (χ1n) is 8.74. The Morgan fingerprint density at radius 1 is 1.15 bits per heavy atom. The Morgan fingerprint density at radius 3 is 3.00 bits per heavy atom. The summed E-state index contributed by atoms with van der Waals surface area (Å²) in [6.07, 6.45) is 2.86. The Kier molecular flexibility index (Phi) is 3.36. The molecule has 26 heavy (non-hydrogen) atoms. The zero-order chi connectivity index (χ0) is 17.7. The number of hydrogen-bond donors (Lipinski definition) is 1. The molecule has 4 heterocycles. The van der Waals surface area contributed by atoms with Gasteiger partial charge in [-0.2, -0.15) is 4.52 Å². The summed E-state index contributed by atoms with van der Waals surface area (Å²) in [5.41, 5.74) is 11.3. The zero-order valence-corrected chi connectivity index (χ0v) is 14.6. The van der Waals surface area contributed by atoms with Crippen molar-refractivity contribution in [2.24, 2.45) is 0 Å². The van der Waals surface area contributed by atoms with E-state index in [0.717, 1.165) is 53.1 Å². The lowest BCUT2D eigenvalue weighted by Gasteiger charge is -2.26. The van der Waals surface area contributed by atoms with Crippen molar-refractivity contribution in [3.05, 3.63) is 59.2 Å². The van der Waals surface area contributed by atoms with Gasteiger partial charge in [0.05, 0.1) is 17.8 Å². The van der Waals surface area contributed by atoms with Gasteiger partial charge in [-0.15, -0.1) is 5.10 Å². The van der Waals surface area contributed by atoms with E-state index >= 15 is 0 Å². The Hall–Kier alpha value is -3.06. The summed E-state index contributed by atoms with van der Waals surface area (Å²) in [5.74, 6) is 1.12. The summed E-state index contributed by atoms with van der Waals surface area (Å²) in [7, 11) is 0.